The molecule has 2 aromatic carbocycles. The summed E-state index contributed by atoms with van der Waals surface area (Å²) in [5.74, 6) is -1.08. The van der Waals surface area contributed by atoms with Crippen LogP contribution in [0.2, 0.25) is 0 Å². The number of carboxylic acids is 1. The van der Waals surface area contributed by atoms with Gasteiger partial charge in [-0.1, -0.05) is 64.1 Å². The first kappa shape index (κ1) is 20.4. The third-order valence-electron chi connectivity index (χ3n) is 2.62. The number of ether oxygens (including phenoxy) is 1. The van der Waals surface area contributed by atoms with Crippen molar-refractivity contribution >= 4 is 11.9 Å². The first-order valence-corrected chi connectivity index (χ1v) is 7.72. The van der Waals surface area contributed by atoms with Gasteiger partial charge in [0.15, 0.2) is 0 Å². The molecule has 4 nitrogen and oxygen atoms in total. The summed E-state index contributed by atoms with van der Waals surface area (Å²) in [5, 5.41) is 8.38. The molecule has 0 aliphatic carbocycles. The largest absolute Gasteiger partial charge is 0.478 e. The summed E-state index contributed by atoms with van der Waals surface area (Å²) in [4.78, 5) is 21.0. The van der Waals surface area contributed by atoms with Gasteiger partial charge in [-0.3, -0.25) is 0 Å². The first-order chi connectivity index (χ1) is 11.2. The van der Waals surface area contributed by atoms with Crippen molar-refractivity contribution in [2.45, 2.75) is 34.3 Å². The van der Waals surface area contributed by atoms with Gasteiger partial charge in [0.1, 0.15) is 6.61 Å². The molecule has 0 unspecified atom stereocenters. The van der Waals surface area contributed by atoms with Crippen LogP contribution in [0.1, 0.15) is 54.0 Å². The molecule has 124 valence electrons. The van der Waals surface area contributed by atoms with Crippen molar-refractivity contribution in [2.24, 2.45) is 0 Å². The Morgan fingerprint density at radius 2 is 1.43 bits per heavy atom. The van der Waals surface area contributed by atoms with Crippen molar-refractivity contribution in [1.29, 1.82) is 0 Å². The van der Waals surface area contributed by atoms with E-state index in [1.165, 1.54) is 0 Å². The molecule has 1 heterocycles. The summed E-state index contributed by atoms with van der Waals surface area (Å²) >= 11 is 0. The van der Waals surface area contributed by atoms with E-state index in [0.717, 1.165) is 5.56 Å². The van der Waals surface area contributed by atoms with Gasteiger partial charge >= 0.3 is 11.9 Å². The minimum atomic E-state index is -0.879. The predicted molar refractivity (Wildman–Crippen MR) is 91.7 cm³/mol. The number of hydrogen-bond donors (Lipinski definition) is 1. The van der Waals surface area contributed by atoms with Gasteiger partial charge in [0.2, 0.25) is 0 Å². The van der Waals surface area contributed by atoms with E-state index in [4.69, 9.17) is 9.84 Å². The first-order valence-electron chi connectivity index (χ1n) is 7.72. The molecule has 0 spiro atoms. The standard InChI is InChI=1S/C8H6O2.C7H6O2.2C2H6/c9-8-7-4-2-1-3-6(7)5-10-8;8-7(9)6-4-2-1-3-5-6;2*1-2/h1-4H,5H2;1-5H,(H,8,9);2*1-2H3. The molecular weight excluding hydrogens is 292 g/mol. The van der Waals surface area contributed by atoms with Gasteiger partial charge in [0.25, 0.3) is 0 Å². The fourth-order valence-electron chi connectivity index (χ4n) is 1.65. The van der Waals surface area contributed by atoms with Crippen molar-refractivity contribution in [3.8, 4) is 0 Å². The smallest absolute Gasteiger partial charge is 0.338 e. The van der Waals surface area contributed by atoms with Crippen LogP contribution >= 0.6 is 0 Å². The molecule has 0 aromatic heterocycles. The molecule has 23 heavy (non-hydrogen) atoms. The predicted octanol–water partition coefficient (Wildman–Crippen LogP) is 4.79. The number of aromatic carboxylic acids is 1. The molecule has 2 aromatic rings. The van der Waals surface area contributed by atoms with Crippen LogP contribution in [0.25, 0.3) is 0 Å². The Bertz CT molecular complexity index is 591. The topological polar surface area (TPSA) is 63.6 Å². The van der Waals surface area contributed by atoms with Crippen LogP contribution in [-0.4, -0.2) is 17.0 Å². The molecule has 1 aliphatic rings. The van der Waals surface area contributed by atoms with Gasteiger partial charge < -0.3 is 9.84 Å². The van der Waals surface area contributed by atoms with E-state index in [0.29, 0.717) is 17.7 Å². The number of carboxylic acid groups (broad SMARTS) is 1. The van der Waals surface area contributed by atoms with Crippen LogP contribution in [-0.2, 0) is 11.3 Å². The number of fused-ring (bicyclic) bond motifs is 1. The molecule has 0 atom stereocenters. The lowest BCUT2D eigenvalue weighted by Crippen LogP contribution is -1.93. The van der Waals surface area contributed by atoms with E-state index in [1.807, 2.05) is 45.9 Å². The highest BCUT2D eigenvalue weighted by Crippen LogP contribution is 2.18. The van der Waals surface area contributed by atoms with E-state index < -0.39 is 5.97 Å². The number of carbonyl (C=O) groups excluding carboxylic acids is 1. The van der Waals surface area contributed by atoms with Gasteiger partial charge in [0, 0.05) is 5.56 Å². The van der Waals surface area contributed by atoms with Crippen molar-refractivity contribution < 1.29 is 19.4 Å². The van der Waals surface area contributed by atoms with Crippen molar-refractivity contribution in [1.82, 2.24) is 0 Å². The number of benzene rings is 2. The normalized spacial score (nSPS) is 10.3. The third kappa shape index (κ3) is 6.78. The van der Waals surface area contributed by atoms with Crippen LogP contribution in [0.5, 0.6) is 0 Å². The molecule has 0 amide bonds. The molecule has 4 heteroatoms. The zero-order chi connectivity index (χ0) is 17.7. The van der Waals surface area contributed by atoms with Crippen LogP contribution in [0.3, 0.4) is 0 Å². The fraction of sp³-hybridized carbons (Fsp3) is 0.263. The van der Waals surface area contributed by atoms with E-state index in [9.17, 15) is 9.59 Å². The quantitative estimate of drug-likeness (QED) is 0.768. The Morgan fingerprint density at radius 3 is 1.91 bits per heavy atom. The molecule has 0 radical (unpaired) electrons. The average Bonchev–Trinajstić information content (AvgIpc) is 3.01. The lowest BCUT2D eigenvalue weighted by molar-refractivity contribution is 0.0534. The number of cyclic esters (lactones) is 1. The zero-order valence-electron chi connectivity index (χ0n) is 14.1. The molecule has 0 saturated carbocycles. The maximum Gasteiger partial charge on any atom is 0.338 e. The van der Waals surface area contributed by atoms with E-state index in [2.05, 4.69) is 0 Å². The lowest BCUT2D eigenvalue weighted by Gasteiger charge is -1.88. The molecule has 1 aliphatic heterocycles. The number of carbonyl (C=O) groups is 2. The fourth-order valence-corrected chi connectivity index (χ4v) is 1.65. The molecule has 0 saturated heterocycles. The van der Waals surface area contributed by atoms with E-state index >= 15 is 0 Å². The second kappa shape index (κ2) is 12.0. The Labute approximate surface area is 137 Å². The summed E-state index contributed by atoms with van der Waals surface area (Å²) in [5.41, 5.74) is 2.03. The molecular formula is C19H24O4. The molecule has 0 fully saturated rings. The summed E-state index contributed by atoms with van der Waals surface area (Å²) in [6.07, 6.45) is 0. The minimum absolute atomic E-state index is 0.199. The van der Waals surface area contributed by atoms with Gasteiger partial charge in [-0.2, -0.15) is 0 Å². The second-order valence-corrected chi connectivity index (χ2v) is 3.90. The number of rotatable bonds is 1. The second-order valence-electron chi connectivity index (χ2n) is 3.90. The maximum atomic E-state index is 10.8. The number of hydrogen-bond acceptors (Lipinski definition) is 3. The van der Waals surface area contributed by atoms with Crippen LogP contribution in [0, 0.1) is 0 Å². The highest BCUT2D eigenvalue weighted by atomic mass is 16.5. The SMILES string of the molecule is CC.CC.O=C(O)c1ccccc1.O=C1OCc2ccccc21. The molecule has 1 N–H and O–H groups in total. The van der Waals surface area contributed by atoms with Gasteiger partial charge in [-0.15, -0.1) is 0 Å². The van der Waals surface area contributed by atoms with Gasteiger partial charge in [-0.05, 0) is 18.2 Å². The van der Waals surface area contributed by atoms with Crippen molar-refractivity contribution in [3.63, 3.8) is 0 Å². The van der Waals surface area contributed by atoms with Crippen LogP contribution in [0.15, 0.2) is 54.6 Å². The molecule has 0 bridgehead atoms. The Balaban J connectivity index is 0.000000349. The summed E-state index contributed by atoms with van der Waals surface area (Å²) < 4.78 is 4.78. The van der Waals surface area contributed by atoms with Crippen LogP contribution in [0.4, 0.5) is 0 Å². The minimum Gasteiger partial charge on any atom is -0.478 e. The highest BCUT2D eigenvalue weighted by molar-refractivity contribution is 5.93. The monoisotopic (exact) mass is 316 g/mol. The molecule has 3 rings (SSSR count). The zero-order valence-corrected chi connectivity index (χ0v) is 14.1. The van der Waals surface area contributed by atoms with Crippen LogP contribution < -0.4 is 0 Å². The maximum absolute atomic E-state index is 10.8. The third-order valence-corrected chi connectivity index (χ3v) is 2.62. The Morgan fingerprint density at radius 1 is 0.913 bits per heavy atom. The van der Waals surface area contributed by atoms with E-state index in [1.54, 1.807) is 36.4 Å². The van der Waals surface area contributed by atoms with Crippen molar-refractivity contribution in [2.75, 3.05) is 0 Å². The average molecular weight is 316 g/mol. The van der Waals surface area contributed by atoms with Crippen molar-refractivity contribution in [3.05, 3.63) is 71.3 Å². The highest BCUT2D eigenvalue weighted by Gasteiger charge is 2.18. The summed E-state index contributed by atoms with van der Waals surface area (Å²) in [6, 6.07) is 15.7. The van der Waals surface area contributed by atoms with Gasteiger partial charge in [-0.25, -0.2) is 9.59 Å². The Hall–Kier alpha value is -2.62. The summed E-state index contributed by atoms with van der Waals surface area (Å²) in [6.45, 7) is 8.44. The Kier molecular flexibility index (Phi) is 10.6. The van der Waals surface area contributed by atoms with E-state index in [-0.39, 0.29) is 5.97 Å². The van der Waals surface area contributed by atoms with Gasteiger partial charge in [0.05, 0.1) is 11.1 Å². The summed E-state index contributed by atoms with van der Waals surface area (Å²) in [7, 11) is 0. The number of esters is 1. The lowest BCUT2D eigenvalue weighted by atomic mass is 10.1.